The first-order valence-electron chi connectivity index (χ1n) is 10.2. The Morgan fingerprint density at radius 3 is 2.63 bits per heavy atom. The molecule has 0 radical (unpaired) electrons. The summed E-state index contributed by atoms with van der Waals surface area (Å²) in [4.78, 5) is 24.3. The van der Waals surface area contributed by atoms with Crippen molar-refractivity contribution in [3.05, 3.63) is 71.4 Å². The van der Waals surface area contributed by atoms with Gasteiger partial charge in [-0.3, -0.25) is 4.98 Å². The minimum atomic E-state index is -0.358. The van der Waals surface area contributed by atoms with E-state index in [0.29, 0.717) is 17.4 Å². The fourth-order valence-corrected chi connectivity index (χ4v) is 4.64. The summed E-state index contributed by atoms with van der Waals surface area (Å²) in [5, 5.41) is 0.917. The Bertz CT molecular complexity index is 1240. The van der Waals surface area contributed by atoms with Gasteiger partial charge >= 0.3 is 5.97 Å². The predicted molar refractivity (Wildman–Crippen MR) is 113 cm³/mol. The number of nitrogens with one attached hydrogen (secondary N) is 1. The fraction of sp³-hybridized carbons (Fsp3) is 0.292. The zero-order valence-electron chi connectivity index (χ0n) is 16.7. The van der Waals surface area contributed by atoms with E-state index in [-0.39, 0.29) is 11.8 Å². The van der Waals surface area contributed by atoms with Gasteiger partial charge in [-0.2, -0.15) is 0 Å². The second kappa shape index (κ2) is 7.52. The van der Waals surface area contributed by atoms with Gasteiger partial charge in [-0.25, -0.2) is 14.2 Å². The van der Waals surface area contributed by atoms with E-state index in [0.717, 1.165) is 53.4 Å². The van der Waals surface area contributed by atoms with Crippen molar-refractivity contribution in [2.45, 2.75) is 37.5 Å². The zero-order valence-corrected chi connectivity index (χ0v) is 16.7. The fourth-order valence-electron chi connectivity index (χ4n) is 4.64. The number of fused-ring (bicyclic) bond motifs is 2. The van der Waals surface area contributed by atoms with Crippen molar-refractivity contribution in [1.82, 2.24) is 15.0 Å². The van der Waals surface area contributed by atoms with Crippen LogP contribution in [0, 0.1) is 5.82 Å². The van der Waals surface area contributed by atoms with Crippen molar-refractivity contribution in [3.8, 4) is 0 Å². The van der Waals surface area contributed by atoms with Crippen LogP contribution in [-0.4, -0.2) is 28.0 Å². The van der Waals surface area contributed by atoms with Crippen LogP contribution in [0.15, 0.2) is 48.7 Å². The summed E-state index contributed by atoms with van der Waals surface area (Å²) in [6.45, 7) is 0. The average molecular weight is 403 g/mol. The topological polar surface area (TPSA) is 67.9 Å². The molecule has 0 bridgehead atoms. The molecule has 0 aliphatic heterocycles. The molecule has 0 unspecified atom stereocenters. The van der Waals surface area contributed by atoms with Crippen molar-refractivity contribution in [1.29, 1.82) is 0 Å². The molecule has 1 saturated carbocycles. The number of H-pyrrole nitrogens is 1. The molecule has 2 aromatic heterocycles. The number of pyridine rings is 1. The molecular weight excluding hydrogens is 381 g/mol. The number of ether oxygens (including phenoxy) is 1. The highest BCUT2D eigenvalue weighted by atomic mass is 19.1. The Labute approximate surface area is 173 Å². The van der Waals surface area contributed by atoms with Crippen LogP contribution in [0.1, 0.15) is 59.3 Å². The molecular formula is C24H22FN3O2. The van der Waals surface area contributed by atoms with Gasteiger partial charge in [-0.15, -0.1) is 0 Å². The van der Waals surface area contributed by atoms with Gasteiger partial charge in [-0.1, -0.05) is 0 Å². The second-order valence-corrected chi connectivity index (χ2v) is 7.96. The van der Waals surface area contributed by atoms with E-state index in [1.54, 1.807) is 24.3 Å². The van der Waals surface area contributed by atoms with Gasteiger partial charge in [0.05, 0.1) is 29.2 Å². The number of esters is 1. The monoisotopic (exact) mass is 403 g/mol. The van der Waals surface area contributed by atoms with E-state index in [1.807, 2.05) is 18.3 Å². The third-order valence-corrected chi connectivity index (χ3v) is 6.21. The van der Waals surface area contributed by atoms with Crippen LogP contribution in [0.5, 0.6) is 0 Å². The number of carbonyl (C=O) groups is 1. The van der Waals surface area contributed by atoms with Crippen LogP contribution in [0.4, 0.5) is 4.39 Å². The van der Waals surface area contributed by atoms with Gasteiger partial charge in [-0.05, 0) is 79.6 Å². The first-order chi connectivity index (χ1) is 14.6. The van der Waals surface area contributed by atoms with E-state index in [9.17, 15) is 9.18 Å². The van der Waals surface area contributed by atoms with E-state index in [1.165, 1.54) is 18.7 Å². The Kier molecular flexibility index (Phi) is 4.69. The Balaban J connectivity index is 1.36. The van der Waals surface area contributed by atoms with Crippen molar-refractivity contribution in [2.75, 3.05) is 7.11 Å². The molecule has 1 fully saturated rings. The first-order valence-corrected chi connectivity index (χ1v) is 10.2. The molecule has 1 aliphatic carbocycles. The summed E-state index contributed by atoms with van der Waals surface area (Å²) < 4.78 is 18.6. The molecule has 0 atom stereocenters. The molecule has 0 spiro atoms. The maximum atomic E-state index is 13.8. The zero-order chi connectivity index (χ0) is 20.7. The SMILES string of the molecule is COC(=O)c1ccc2[nH]c([C@H]3CC[C@@H](c4ccnc5ccc(F)cc54)CC3)nc2c1. The van der Waals surface area contributed by atoms with Gasteiger partial charge in [0.1, 0.15) is 11.6 Å². The summed E-state index contributed by atoms with van der Waals surface area (Å²) >= 11 is 0. The number of benzene rings is 2. The number of hydrogen-bond acceptors (Lipinski definition) is 4. The molecule has 0 saturated heterocycles. The Morgan fingerprint density at radius 2 is 1.83 bits per heavy atom. The van der Waals surface area contributed by atoms with Crippen LogP contribution in [-0.2, 0) is 4.74 Å². The number of aromatic nitrogens is 3. The summed E-state index contributed by atoms with van der Waals surface area (Å²) in [6.07, 6.45) is 5.87. The van der Waals surface area contributed by atoms with Gasteiger partial charge in [0.15, 0.2) is 0 Å². The molecule has 30 heavy (non-hydrogen) atoms. The van der Waals surface area contributed by atoms with Gasteiger partial charge in [0, 0.05) is 17.5 Å². The maximum absolute atomic E-state index is 13.8. The summed E-state index contributed by atoms with van der Waals surface area (Å²) in [7, 11) is 1.38. The van der Waals surface area contributed by atoms with Crippen LogP contribution >= 0.6 is 0 Å². The van der Waals surface area contributed by atoms with Crippen molar-refractivity contribution in [3.63, 3.8) is 0 Å². The first kappa shape index (κ1) is 18.7. The molecule has 0 amide bonds. The summed E-state index contributed by atoms with van der Waals surface area (Å²) in [5.41, 5.74) is 4.24. The van der Waals surface area contributed by atoms with Crippen LogP contribution < -0.4 is 0 Å². The van der Waals surface area contributed by atoms with E-state index in [2.05, 4.69) is 9.97 Å². The highest BCUT2D eigenvalue weighted by molar-refractivity contribution is 5.93. The number of aromatic amines is 1. The number of halogens is 1. The third kappa shape index (κ3) is 3.32. The Hall–Kier alpha value is -3.28. The summed E-state index contributed by atoms with van der Waals surface area (Å²) in [5.74, 6) is 1.13. The lowest BCUT2D eigenvalue weighted by molar-refractivity contribution is 0.0601. The number of carbonyl (C=O) groups excluding carboxylic acids is 1. The number of methoxy groups -OCH3 is 1. The number of hydrogen-bond donors (Lipinski definition) is 1. The lowest BCUT2D eigenvalue weighted by Crippen LogP contribution is -2.13. The van der Waals surface area contributed by atoms with Crippen LogP contribution in [0.25, 0.3) is 21.9 Å². The number of rotatable bonds is 3. The highest BCUT2D eigenvalue weighted by Crippen LogP contribution is 2.41. The van der Waals surface area contributed by atoms with Gasteiger partial charge in [0.2, 0.25) is 0 Å². The number of nitrogens with zero attached hydrogens (tertiary/aromatic N) is 2. The molecule has 1 aliphatic rings. The molecule has 152 valence electrons. The van der Waals surface area contributed by atoms with Crippen molar-refractivity contribution in [2.24, 2.45) is 0 Å². The lowest BCUT2D eigenvalue weighted by atomic mass is 9.77. The van der Waals surface area contributed by atoms with Crippen LogP contribution in [0.2, 0.25) is 0 Å². The van der Waals surface area contributed by atoms with Crippen LogP contribution in [0.3, 0.4) is 0 Å². The van der Waals surface area contributed by atoms with Crippen molar-refractivity contribution < 1.29 is 13.9 Å². The number of imidazole rings is 1. The Morgan fingerprint density at radius 1 is 1.03 bits per heavy atom. The molecule has 2 heterocycles. The highest BCUT2D eigenvalue weighted by Gasteiger charge is 2.26. The summed E-state index contributed by atoms with van der Waals surface area (Å²) in [6, 6.07) is 12.2. The largest absolute Gasteiger partial charge is 0.465 e. The molecule has 4 aromatic rings. The average Bonchev–Trinajstić information content (AvgIpc) is 3.21. The maximum Gasteiger partial charge on any atom is 0.337 e. The standard InChI is InChI=1S/C24H22FN3O2/c1-30-24(29)16-6-8-21-22(12-16)28-23(27-21)15-4-2-14(3-5-15)18-10-11-26-20-9-7-17(25)13-19(18)20/h6-15H,2-5H2,1H3,(H,27,28)/t14-,15+. The normalized spacial score (nSPS) is 19.3. The lowest BCUT2D eigenvalue weighted by Gasteiger charge is -2.28. The molecule has 2 aromatic carbocycles. The minimum Gasteiger partial charge on any atom is -0.465 e. The second-order valence-electron chi connectivity index (χ2n) is 7.96. The quantitative estimate of drug-likeness (QED) is 0.460. The molecule has 5 nitrogen and oxygen atoms in total. The molecule has 6 heteroatoms. The molecule has 1 N–H and O–H groups in total. The predicted octanol–water partition coefficient (Wildman–Crippen LogP) is 5.48. The molecule has 5 rings (SSSR count). The van der Waals surface area contributed by atoms with Gasteiger partial charge < -0.3 is 9.72 Å². The smallest absolute Gasteiger partial charge is 0.337 e. The van der Waals surface area contributed by atoms with Crippen molar-refractivity contribution >= 4 is 27.9 Å². The van der Waals surface area contributed by atoms with E-state index >= 15 is 0 Å². The third-order valence-electron chi connectivity index (χ3n) is 6.21. The van der Waals surface area contributed by atoms with E-state index in [4.69, 9.17) is 9.72 Å². The van der Waals surface area contributed by atoms with Gasteiger partial charge in [0.25, 0.3) is 0 Å². The van der Waals surface area contributed by atoms with E-state index < -0.39 is 0 Å². The minimum absolute atomic E-state index is 0.223.